The number of rotatable bonds is 2. The lowest BCUT2D eigenvalue weighted by molar-refractivity contribution is -0.275. The monoisotopic (exact) mass is 263 g/mol. The van der Waals surface area contributed by atoms with Gasteiger partial charge in [-0.1, -0.05) is 11.6 Å². The molecule has 9 heteroatoms. The molecule has 3 nitrogen and oxygen atoms in total. The topological polar surface area (TPSA) is 42.4 Å². The Morgan fingerprint density at radius 3 is 2.38 bits per heavy atom. The molecule has 1 aromatic rings. The van der Waals surface area contributed by atoms with E-state index in [1.807, 2.05) is 0 Å². The van der Waals surface area contributed by atoms with E-state index in [1.165, 1.54) is 0 Å². The first-order valence-electron chi connectivity index (χ1n) is 3.63. The Morgan fingerprint density at radius 2 is 1.94 bits per heavy atom. The van der Waals surface area contributed by atoms with Crippen molar-refractivity contribution in [3.63, 3.8) is 0 Å². The molecule has 0 bridgehead atoms. The molecular formula is C7H3ClF5NO2. The van der Waals surface area contributed by atoms with E-state index in [2.05, 4.69) is 9.72 Å². The lowest BCUT2D eigenvalue weighted by atomic mass is 10.2. The van der Waals surface area contributed by atoms with Gasteiger partial charge in [0.05, 0.1) is 6.20 Å². The van der Waals surface area contributed by atoms with E-state index in [-0.39, 0.29) is 0 Å². The van der Waals surface area contributed by atoms with Crippen molar-refractivity contribution in [1.29, 1.82) is 0 Å². The van der Waals surface area contributed by atoms with Crippen LogP contribution in [0.2, 0.25) is 5.15 Å². The average molecular weight is 264 g/mol. The third-order valence-corrected chi connectivity index (χ3v) is 1.74. The molecule has 1 aromatic heterocycles. The summed E-state index contributed by atoms with van der Waals surface area (Å²) in [4.78, 5) is 3.08. The predicted octanol–water partition coefficient (Wildman–Crippen LogP) is 3.28. The number of alkyl halides is 5. The Kier molecular flexibility index (Phi) is 3.41. The fourth-order valence-electron chi connectivity index (χ4n) is 0.890. The second-order valence-electron chi connectivity index (χ2n) is 2.53. The Morgan fingerprint density at radius 1 is 1.38 bits per heavy atom. The maximum absolute atomic E-state index is 12.4. The molecule has 1 heterocycles. The summed E-state index contributed by atoms with van der Waals surface area (Å²) in [5, 5.41) is 8.08. The third kappa shape index (κ3) is 2.84. The minimum Gasteiger partial charge on any atom is -0.503 e. The molecule has 0 spiro atoms. The van der Waals surface area contributed by atoms with Gasteiger partial charge in [-0.25, -0.2) is 13.8 Å². The lowest BCUT2D eigenvalue weighted by Crippen LogP contribution is -2.18. The second kappa shape index (κ2) is 4.28. The van der Waals surface area contributed by atoms with Crippen LogP contribution in [0.25, 0.3) is 0 Å². The van der Waals surface area contributed by atoms with Gasteiger partial charge in [-0.2, -0.15) is 0 Å². The maximum atomic E-state index is 12.4. The molecule has 0 saturated carbocycles. The van der Waals surface area contributed by atoms with E-state index in [0.717, 1.165) is 0 Å². The molecule has 0 fully saturated rings. The van der Waals surface area contributed by atoms with Gasteiger partial charge in [0.2, 0.25) is 0 Å². The van der Waals surface area contributed by atoms with Crippen molar-refractivity contribution in [2.24, 2.45) is 0 Å². The number of aromatic nitrogens is 1. The molecular weight excluding hydrogens is 261 g/mol. The highest BCUT2D eigenvalue weighted by Gasteiger charge is 2.36. The standard InChI is InChI=1S/C7H3ClF5NO2/c8-5-3(6(9)10)4(2(15)1-14-5)16-7(11,12)13/h1,6,15H. The van der Waals surface area contributed by atoms with Crippen molar-refractivity contribution in [3.05, 3.63) is 16.9 Å². The van der Waals surface area contributed by atoms with Crippen LogP contribution in [0.5, 0.6) is 11.5 Å². The summed E-state index contributed by atoms with van der Waals surface area (Å²) in [5.74, 6) is -2.61. The van der Waals surface area contributed by atoms with Gasteiger partial charge in [-0.3, -0.25) is 0 Å². The highest BCUT2D eigenvalue weighted by molar-refractivity contribution is 6.30. The number of hydrogen-bond donors (Lipinski definition) is 1. The van der Waals surface area contributed by atoms with Gasteiger partial charge >= 0.3 is 6.36 Å². The molecule has 16 heavy (non-hydrogen) atoms. The Labute approximate surface area is 90.4 Å². The van der Waals surface area contributed by atoms with Crippen molar-refractivity contribution in [2.45, 2.75) is 12.8 Å². The Balaban J connectivity index is 3.29. The van der Waals surface area contributed by atoms with Crippen LogP contribution in [0.1, 0.15) is 12.0 Å². The van der Waals surface area contributed by atoms with E-state index >= 15 is 0 Å². The summed E-state index contributed by atoms with van der Waals surface area (Å²) >= 11 is 5.18. The lowest BCUT2D eigenvalue weighted by Gasteiger charge is -2.14. The van der Waals surface area contributed by atoms with Crippen LogP contribution in [-0.2, 0) is 0 Å². The van der Waals surface area contributed by atoms with E-state index in [1.54, 1.807) is 0 Å². The summed E-state index contributed by atoms with van der Waals surface area (Å²) in [6, 6.07) is 0. The van der Waals surface area contributed by atoms with Crippen molar-refractivity contribution >= 4 is 11.6 Å². The van der Waals surface area contributed by atoms with E-state index in [9.17, 15) is 22.0 Å². The predicted molar refractivity (Wildman–Crippen MR) is 42.6 cm³/mol. The van der Waals surface area contributed by atoms with Crippen LogP contribution in [0.3, 0.4) is 0 Å². The van der Waals surface area contributed by atoms with Gasteiger partial charge in [0, 0.05) is 0 Å². The normalized spacial score (nSPS) is 11.9. The molecule has 0 aliphatic carbocycles. The molecule has 0 aliphatic rings. The molecule has 90 valence electrons. The smallest absolute Gasteiger partial charge is 0.503 e. The summed E-state index contributed by atoms with van der Waals surface area (Å²) in [7, 11) is 0. The van der Waals surface area contributed by atoms with Crippen molar-refractivity contribution in [3.8, 4) is 11.5 Å². The van der Waals surface area contributed by atoms with Crippen LogP contribution in [0, 0.1) is 0 Å². The van der Waals surface area contributed by atoms with Crippen LogP contribution in [-0.4, -0.2) is 16.5 Å². The maximum Gasteiger partial charge on any atom is 0.573 e. The van der Waals surface area contributed by atoms with Gasteiger partial charge in [0.25, 0.3) is 6.43 Å². The largest absolute Gasteiger partial charge is 0.573 e. The number of pyridine rings is 1. The zero-order valence-electron chi connectivity index (χ0n) is 7.23. The fraction of sp³-hybridized carbons (Fsp3) is 0.286. The van der Waals surface area contributed by atoms with Gasteiger partial charge in [-0.15, -0.1) is 13.2 Å². The van der Waals surface area contributed by atoms with E-state index in [4.69, 9.17) is 16.7 Å². The van der Waals surface area contributed by atoms with Crippen LogP contribution in [0.4, 0.5) is 22.0 Å². The summed E-state index contributed by atoms with van der Waals surface area (Å²) in [6.45, 7) is 0. The first kappa shape index (κ1) is 12.8. The molecule has 0 saturated heterocycles. The zero-order chi connectivity index (χ0) is 12.5. The number of ether oxygens (including phenoxy) is 1. The van der Waals surface area contributed by atoms with E-state index < -0.39 is 35.0 Å². The number of aromatic hydroxyl groups is 1. The van der Waals surface area contributed by atoms with Gasteiger partial charge in [0.1, 0.15) is 10.7 Å². The van der Waals surface area contributed by atoms with E-state index in [0.29, 0.717) is 6.20 Å². The number of hydrogen-bond acceptors (Lipinski definition) is 3. The van der Waals surface area contributed by atoms with Crippen LogP contribution >= 0.6 is 11.6 Å². The minimum absolute atomic E-state index is 0.481. The molecule has 0 aliphatic heterocycles. The quantitative estimate of drug-likeness (QED) is 0.658. The second-order valence-corrected chi connectivity index (χ2v) is 2.88. The number of nitrogens with zero attached hydrogens (tertiary/aromatic N) is 1. The molecule has 0 radical (unpaired) electrons. The summed E-state index contributed by atoms with van der Waals surface area (Å²) in [6.07, 6.45) is -8.09. The summed E-state index contributed by atoms with van der Waals surface area (Å²) < 4.78 is 63.5. The zero-order valence-corrected chi connectivity index (χ0v) is 7.98. The van der Waals surface area contributed by atoms with Gasteiger partial charge in [0.15, 0.2) is 11.5 Å². The average Bonchev–Trinajstić information content (AvgIpc) is 2.08. The van der Waals surface area contributed by atoms with Crippen molar-refractivity contribution < 1.29 is 31.8 Å². The Hall–Kier alpha value is -1.31. The fourth-order valence-corrected chi connectivity index (χ4v) is 1.11. The highest BCUT2D eigenvalue weighted by atomic mass is 35.5. The molecule has 1 rings (SSSR count). The van der Waals surface area contributed by atoms with Crippen LogP contribution in [0.15, 0.2) is 6.20 Å². The molecule has 0 aromatic carbocycles. The molecule has 0 atom stereocenters. The number of halogens is 6. The molecule has 1 N–H and O–H groups in total. The SMILES string of the molecule is Oc1cnc(Cl)c(C(F)F)c1OC(F)(F)F. The first-order chi connectivity index (χ1) is 7.22. The van der Waals surface area contributed by atoms with Gasteiger partial charge in [-0.05, 0) is 0 Å². The van der Waals surface area contributed by atoms with Gasteiger partial charge < -0.3 is 9.84 Å². The minimum atomic E-state index is -5.22. The molecule has 0 amide bonds. The third-order valence-electron chi connectivity index (χ3n) is 1.44. The van der Waals surface area contributed by atoms with Crippen molar-refractivity contribution in [1.82, 2.24) is 4.98 Å². The van der Waals surface area contributed by atoms with Crippen molar-refractivity contribution in [2.75, 3.05) is 0 Å². The first-order valence-corrected chi connectivity index (χ1v) is 4.01. The summed E-state index contributed by atoms with van der Waals surface area (Å²) in [5.41, 5.74) is -1.31. The Bertz CT molecular complexity index is 395. The van der Waals surface area contributed by atoms with Crippen LogP contribution < -0.4 is 4.74 Å². The molecule has 0 unspecified atom stereocenters. The highest BCUT2D eigenvalue weighted by Crippen LogP contribution is 2.42.